The molecule has 0 spiro atoms. The van der Waals surface area contributed by atoms with E-state index in [-0.39, 0.29) is 0 Å². The van der Waals surface area contributed by atoms with Gasteiger partial charge in [-0.15, -0.1) is 0 Å². The third-order valence-electron chi connectivity index (χ3n) is 1.98. The SMILES string of the molecule is CC(C)COCCOCc1cccc(Br)c1. The van der Waals surface area contributed by atoms with Crippen LogP contribution in [0.5, 0.6) is 0 Å². The monoisotopic (exact) mass is 286 g/mol. The van der Waals surface area contributed by atoms with Gasteiger partial charge in [0.25, 0.3) is 0 Å². The molecule has 16 heavy (non-hydrogen) atoms. The lowest BCUT2D eigenvalue weighted by Gasteiger charge is -2.07. The molecule has 0 aliphatic carbocycles. The quantitative estimate of drug-likeness (QED) is 0.713. The van der Waals surface area contributed by atoms with E-state index in [9.17, 15) is 0 Å². The first kappa shape index (κ1) is 13.7. The zero-order valence-electron chi connectivity index (χ0n) is 9.91. The van der Waals surface area contributed by atoms with Crippen LogP contribution < -0.4 is 0 Å². The molecule has 0 aromatic heterocycles. The van der Waals surface area contributed by atoms with Gasteiger partial charge in [0.1, 0.15) is 0 Å². The normalized spacial score (nSPS) is 11.0. The molecule has 0 aliphatic heterocycles. The average Bonchev–Trinajstić information content (AvgIpc) is 2.23. The van der Waals surface area contributed by atoms with E-state index in [0.717, 1.165) is 11.1 Å². The van der Waals surface area contributed by atoms with E-state index in [0.29, 0.717) is 25.7 Å². The second kappa shape index (κ2) is 7.82. The zero-order valence-corrected chi connectivity index (χ0v) is 11.5. The topological polar surface area (TPSA) is 18.5 Å². The number of ether oxygens (including phenoxy) is 2. The van der Waals surface area contributed by atoms with Crippen molar-refractivity contribution in [2.24, 2.45) is 5.92 Å². The van der Waals surface area contributed by atoms with Gasteiger partial charge < -0.3 is 9.47 Å². The van der Waals surface area contributed by atoms with E-state index >= 15 is 0 Å². The van der Waals surface area contributed by atoms with Crippen LogP contribution in [-0.4, -0.2) is 19.8 Å². The Hall–Kier alpha value is -0.380. The molecule has 1 rings (SSSR count). The lowest BCUT2D eigenvalue weighted by Crippen LogP contribution is -2.08. The first-order valence-electron chi connectivity index (χ1n) is 5.58. The third kappa shape index (κ3) is 6.26. The maximum absolute atomic E-state index is 5.51. The molecule has 0 radical (unpaired) electrons. The summed E-state index contributed by atoms with van der Waals surface area (Å²) in [7, 11) is 0. The highest BCUT2D eigenvalue weighted by atomic mass is 79.9. The Labute approximate surface area is 106 Å². The second-order valence-electron chi connectivity index (χ2n) is 4.15. The Morgan fingerprint density at radius 3 is 2.62 bits per heavy atom. The molecule has 0 unspecified atom stereocenters. The van der Waals surface area contributed by atoms with Crippen molar-refractivity contribution in [1.29, 1.82) is 0 Å². The Balaban J connectivity index is 2.07. The van der Waals surface area contributed by atoms with Crippen LogP contribution in [0.2, 0.25) is 0 Å². The molecule has 3 heteroatoms. The van der Waals surface area contributed by atoms with E-state index in [2.05, 4.69) is 41.9 Å². The van der Waals surface area contributed by atoms with Crippen LogP contribution in [0.25, 0.3) is 0 Å². The molecule has 2 nitrogen and oxygen atoms in total. The fourth-order valence-electron chi connectivity index (χ4n) is 1.25. The lowest BCUT2D eigenvalue weighted by atomic mass is 10.2. The van der Waals surface area contributed by atoms with Crippen molar-refractivity contribution in [2.45, 2.75) is 20.5 Å². The molecular weight excluding hydrogens is 268 g/mol. The number of hydrogen-bond acceptors (Lipinski definition) is 2. The Kier molecular flexibility index (Phi) is 6.69. The fourth-order valence-corrected chi connectivity index (χ4v) is 1.70. The Morgan fingerprint density at radius 1 is 1.19 bits per heavy atom. The summed E-state index contributed by atoms with van der Waals surface area (Å²) in [5, 5.41) is 0. The molecule has 0 aliphatic rings. The van der Waals surface area contributed by atoms with Crippen molar-refractivity contribution < 1.29 is 9.47 Å². The number of halogens is 1. The highest BCUT2D eigenvalue weighted by Crippen LogP contribution is 2.12. The molecule has 0 saturated heterocycles. The Morgan fingerprint density at radius 2 is 1.94 bits per heavy atom. The summed E-state index contributed by atoms with van der Waals surface area (Å²) < 4.78 is 12.0. The van der Waals surface area contributed by atoms with Gasteiger partial charge in [0.05, 0.1) is 19.8 Å². The van der Waals surface area contributed by atoms with E-state index in [1.807, 2.05) is 12.1 Å². The number of hydrogen-bond donors (Lipinski definition) is 0. The highest BCUT2D eigenvalue weighted by Gasteiger charge is 1.96. The molecule has 1 aromatic rings. The maximum Gasteiger partial charge on any atom is 0.0718 e. The van der Waals surface area contributed by atoms with Gasteiger partial charge in [-0.2, -0.15) is 0 Å². The van der Waals surface area contributed by atoms with Crippen LogP contribution in [0.4, 0.5) is 0 Å². The summed E-state index contributed by atoms with van der Waals surface area (Å²) in [6, 6.07) is 8.14. The molecule has 90 valence electrons. The zero-order chi connectivity index (χ0) is 11.8. The van der Waals surface area contributed by atoms with Gasteiger partial charge in [0.2, 0.25) is 0 Å². The van der Waals surface area contributed by atoms with Gasteiger partial charge in [-0.3, -0.25) is 0 Å². The Bertz CT molecular complexity index is 300. The second-order valence-corrected chi connectivity index (χ2v) is 5.07. The van der Waals surface area contributed by atoms with Crippen molar-refractivity contribution in [3.63, 3.8) is 0 Å². The summed E-state index contributed by atoms with van der Waals surface area (Å²) >= 11 is 3.43. The van der Waals surface area contributed by atoms with Gasteiger partial charge in [-0.05, 0) is 23.6 Å². The van der Waals surface area contributed by atoms with Gasteiger partial charge in [-0.25, -0.2) is 0 Å². The predicted molar refractivity (Wildman–Crippen MR) is 69.5 cm³/mol. The predicted octanol–water partition coefficient (Wildman–Crippen LogP) is 3.64. The minimum atomic E-state index is 0.588. The van der Waals surface area contributed by atoms with Crippen molar-refractivity contribution in [3.05, 3.63) is 34.3 Å². The van der Waals surface area contributed by atoms with E-state index in [1.54, 1.807) is 0 Å². The van der Waals surface area contributed by atoms with Crippen molar-refractivity contribution in [1.82, 2.24) is 0 Å². The number of rotatable bonds is 7. The van der Waals surface area contributed by atoms with E-state index in [1.165, 1.54) is 5.56 Å². The molecule has 0 saturated carbocycles. The van der Waals surface area contributed by atoms with Crippen molar-refractivity contribution in [3.8, 4) is 0 Å². The first-order valence-corrected chi connectivity index (χ1v) is 6.37. The van der Waals surface area contributed by atoms with Crippen molar-refractivity contribution >= 4 is 15.9 Å². The maximum atomic E-state index is 5.51. The van der Waals surface area contributed by atoms with Gasteiger partial charge >= 0.3 is 0 Å². The summed E-state index contributed by atoms with van der Waals surface area (Å²) in [5.74, 6) is 0.588. The smallest absolute Gasteiger partial charge is 0.0718 e. The van der Waals surface area contributed by atoms with E-state index in [4.69, 9.17) is 9.47 Å². The molecular formula is C13H19BrO2. The average molecular weight is 287 g/mol. The standard InChI is InChI=1S/C13H19BrO2/c1-11(2)9-15-6-7-16-10-12-4-3-5-13(14)8-12/h3-5,8,11H,6-7,9-10H2,1-2H3. The van der Waals surface area contributed by atoms with Crippen LogP contribution in [0, 0.1) is 5.92 Å². The molecule has 0 fully saturated rings. The summed E-state index contributed by atoms with van der Waals surface area (Å²) in [6.45, 7) is 7.06. The molecule has 1 aromatic carbocycles. The summed E-state index contributed by atoms with van der Waals surface area (Å²) in [6.07, 6.45) is 0. The summed E-state index contributed by atoms with van der Waals surface area (Å²) in [4.78, 5) is 0. The molecule has 0 heterocycles. The van der Waals surface area contributed by atoms with Crippen molar-refractivity contribution in [2.75, 3.05) is 19.8 Å². The third-order valence-corrected chi connectivity index (χ3v) is 2.47. The van der Waals surface area contributed by atoms with Crippen LogP contribution in [0.15, 0.2) is 28.7 Å². The minimum Gasteiger partial charge on any atom is -0.379 e. The van der Waals surface area contributed by atoms with Crippen LogP contribution in [-0.2, 0) is 16.1 Å². The molecule has 0 amide bonds. The highest BCUT2D eigenvalue weighted by molar-refractivity contribution is 9.10. The molecule has 0 atom stereocenters. The van der Waals surface area contributed by atoms with Crippen LogP contribution in [0.1, 0.15) is 19.4 Å². The van der Waals surface area contributed by atoms with Gasteiger partial charge in [0.15, 0.2) is 0 Å². The van der Waals surface area contributed by atoms with Crippen LogP contribution in [0.3, 0.4) is 0 Å². The van der Waals surface area contributed by atoms with Crippen LogP contribution >= 0.6 is 15.9 Å². The molecule has 0 bridgehead atoms. The lowest BCUT2D eigenvalue weighted by molar-refractivity contribution is 0.0314. The fraction of sp³-hybridized carbons (Fsp3) is 0.538. The largest absolute Gasteiger partial charge is 0.379 e. The van der Waals surface area contributed by atoms with Gasteiger partial charge in [-0.1, -0.05) is 41.9 Å². The molecule has 0 N–H and O–H groups in total. The van der Waals surface area contributed by atoms with E-state index < -0.39 is 0 Å². The minimum absolute atomic E-state index is 0.588. The number of benzene rings is 1. The summed E-state index contributed by atoms with van der Waals surface area (Å²) in [5.41, 5.74) is 1.18. The van der Waals surface area contributed by atoms with Gasteiger partial charge in [0, 0.05) is 11.1 Å². The first-order chi connectivity index (χ1) is 7.68.